The predicted octanol–water partition coefficient (Wildman–Crippen LogP) is 4.86. The Morgan fingerprint density at radius 1 is 0.706 bits per heavy atom. The van der Waals surface area contributed by atoms with Crippen LogP contribution in [0.15, 0.2) is 24.3 Å². The molecular weight excluding hydrogens is 440 g/mol. The van der Waals surface area contributed by atoms with E-state index >= 15 is 0 Å². The second-order valence-corrected chi connectivity index (χ2v) is 9.16. The van der Waals surface area contributed by atoms with Crippen molar-refractivity contribution in [2.45, 2.75) is 90.6 Å². The molecule has 0 unspecified atom stereocenters. The van der Waals surface area contributed by atoms with Gasteiger partial charge in [-0.2, -0.15) is 0 Å². The Balaban J connectivity index is 2.18. The Kier molecular flexibility index (Phi) is 14.3. The van der Waals surface area contributed by atoms with Gasteiger partial charge in [-0.25, -0.2) is 9.59 Å². The molecule has 0 N–H and O–H groups in total. The number of hydrogen-bond acceptors (Lipinski definition) is 8. The fourth-order valence-electron chi connectivity index (χ4n) is 3.45. The van der Waals surface area contributed by atoms with Crippen LogP contribution in [-0.2, 0) is 38.0 Å². The molecule has 1 fully saturated rings. The van der Waals surface area contributed by atoms with Gasteiger partial charge in [-0.3, -0.25) is 0 Å². The summed E-state index contributed by atoms with van der Waals surface area (Å²) in [5, 5.41) is 0. The molecule has 1 aliphatic carbocycles. The average Bonchev–Trinajstić information content (AvgIpc) is 2.79. The minimum Gasteiger partial charge on any atom is -0.460 e. The van der Waals surface area contributed by atoms with Gasteiger partial charge in [-0.05, 0) is 59.8 Å². The lowest BCUT2D eigenvalue weighted by molar-refractivity contribution is -0.256. The first kappa shape index (κ1) is 30.3. The van der Waals surface area contributed by atoms with Crippen molar-refractivity contribution in [2.75, 3.05) is 39.6 Å². The summed E-state index contributed by atoms with van der Waals surface area (Å²) >= 11 is 0. The fraction of sp³-hybridized carbons (Fsp3) is 0.769. The van der Waals surface area contributed by atoms with Crippen LogP contribution in [0.3, 0.4) is 0 Å². The normalized spacial score (nSPS) is 15.5. The second kappa shape index (κ2) is 16.0. The van der Waals surface area contributed by atoms with E-state index in [1.807, 2.05) is 13.8 Å². The van der Waals surface area contributed by atoms with Crippen molar-refractivity contribution in [1.29, 1.82) is 0 Å². The fourth-order valence-corrected chi connectivity index (χ4v) is 3.45. The van der Waals surface area contributed by atoms with Gasteiger partial charge in [0.2, 0.25) is 0 Å². The van der Waals surface area contributed by atoms with Crippen molar-refractivity contribution in [3.05, 3.63) is 24.3 Å². The van der Waals surface area contributed by atoms with Gasteiger partial charge in [-0.1, -0.05) is 19.6 Å². The maximum atomic E-state index is 11.5. The van der Waals surface area contributed by atoms with E-state index in [1.165, 1.54) is 6.42 Å². The first-order valence-electron chi connectivity index (χ1n) is 12.3. The number of unbranched alkanes of at least 4 members (excludes halogenated alkanes) is 2. The number of carbonyl (C=O) groups excluding carboxylic acids is 2. The van der Waals surface area contributed by atoms with Crippen LogP contribution in [0.25, 0.3) is 0 Å². The first-order valence-corrected chi connectivity index (χ1v) is 12.3. The molecule has 0 heterocycles. The van der Waals surface area contributed by atoms with Crippen molar-refractivity contribution < 1.29 is 38.0 Å². The van der Waals surface area contributed by atoms with Gasteiger partial charge in [0.1, 0.15) is 13.2 Å². The van der Waals surface area contributed by atoms with Gasteiger partial charge in [0.15, 0.2) is 11.6 Å². The van der Waals surface area contributed by atoms with E-state index in [9.17, 15) is 9.59 Å². The molecule has 0 aromatic rings. The predicted molar refractivity (Wildman–Crippen MR) is 129 cm³/mol. The number of esters is 2. The van der Waals surface area contributed by atoms with Crippen LogP contribution in [-0.4, -0.2) is 63.2 Å². The minimum atomic E-state index is -0.750. The molecule has 196 valence electrons. The third-order valence-corrected chi connectivity index (χ3v) is 5.36. The molecule has 8 heteroatoms. The number of carbonyl (C=O) groups is 2. The third kappa shape index (κ3) is 13.2. The number of rotatable bonds is 18. The topological polar surface area (TPSA) is 89.5 Å². The molecule has 1 saturated carbocycles. The van der Waals surface area contributed by atoms with Crippen LogP contribution >= 0.6 is 0 Å². The van der Waals surface area contributed by atoms with E-state index in [1.54, 1.807) is 13.8 Å². The Labute approximate surface area is 204 Å². The van der Waals surface area contributed by atoms with Crippen molar-refractivity contribution in [3.63, 3.8) is 0 Å². The molecule has 1 aliphatic rings. The van der Waals surface area contributed by atoms with Crippen LogP contribution in [0.2, 0.25) is 0 Å². The zero-order valence-corrected chi connectivity index (χ0v) is 21.6. The molecule has 0 atom stereocenters. The largest absolute Gasteiger partial charge is 0.460 e. The lowest BCUT2D eigenvalue weighted by Gasteiger charge is -2.37. The molecule has 0 spiro atoms. The molecule has 1 rings (SSSR count). The quantitative estimate of drug-likeness (QED) is 0.118. The van der Waals surface area contributed by atoms with Crippen LogP contribution in [0, 0.1) is 0 Å². The van der Waals surface area contributed by atoms with Gasteiger partial charge in [0, 0.05) is 30.6 Å². The summed E-state index contributed by atoms with van der Waals surface area (Å²) in [6, 6.07) is 0. The van der Waals surface area contributed by atoms with Gasteiger partial charge >= 0.3 is 11.9 Å². The molecule has 0 aromatic heterocycles. The van der Waals surface area contributed by atoms with Crippen LogP contribution in [0.1, 0.15) is 79.1 Å². The molecule has 0 bridgehead atoms. The van der Waals surface area contributed by atoms with Crippen molar-refractivity contribution in [1.82, 2.24) is 0 Å². The number of hydrogen-bond donors (Lipinski definition) is 0. The maximum absolute atomic E-state index is 11.5. The van der Waals surface area contributed by atoms with E-state index in [2.05, 4.69) is 13.2 Å². The zero-order valence-electron chi connectivity index (χ0n) is 21.6. The van der Waals surface area contributed by atoms with Gasteiger partial charge in [-0.15, -0.1) is 0 Å². The average molecular weight is 485 g/mol. The Morgan fingerprint density at radius 3 is 1.79 bits per heavy atom. The molecule has 0 saturated heterocycles. The maximum Gasteiger partial charge on any atom is 0.333 e. The molecule has 0 radical (unpaired) electrons. The zero-order chi connectivity index (χ0) is 25.5. The summed E-state index contributed by atoms with van der Waals surface area (Å²) in [6.45, 7) is 16.1. The SMILES string of the molecule is C=C(C)C(=O)OCCOC(C)(C)OCCCCCOC1(OCCOC(=O)C(=C)C)CCCCC1. The van der Waals surface area contributed by atoms with E-state index in [-0.39, 0.29) is 19.8 Å². The van der Waals surface area contributed by atoms with Gasteiger partial charge in [0.05, 0.1) is 19.8 Å². The summed E-state index contributed by atoms with van der Waals surface area (Å²) in [5.74, 6) is -2.14. The molecule has 8 nitrogen and oxygen atoms in total. The summed E-state index contributed by atoms with van der Waals surface area (Å²) in [6.07, 6.45) is 7.78. The van der Waals surface area contributed by atoms with Crippen molar-refractivity contribution in [2.24, 2.45) is 0 Å². The van der Waals surface area contributed by atoms with E-state index < -0.39 is 23.5 Å². The smallest absolute Gasteiger partial charge is 0.333 e. The molecule has 0 aliphatic heterocycles. The highest BCUT2D eigenvalue weighted by molar-refractivity contribution is 5.87. The van der Waals surface area contributed by atoms with Crippen LogP contribution < -0.4 is 0 Å². The second-order valence-electron chi connectivity index (χ2n) is 9.16. The van der Waals surface area contributed by atoms with Gasteiger partial charge in [0.25, 0.3) is 0 Å². The molecular formula is C26H44O8. The Bertz CT molecular complexity index is 649. The Hall–Kier alpha value is -1.74. The summed E-state index contributed by atoms with van der Waals surface area (Å²) in [5.41, 5.74) is 0.746. The van der Waals surface area contributed by atoms with E-state index in [0.29, 0.717) is 31.0 Å². The lowest BCUT2D eigenvalue weighted by Crippen LogP contribution is -2.39. The minimum absolute atomic E-state index is 0.163. The van der Waals surface area contributed by atoms with Crippen molar-refractivity contribution in [3.8, 4) is 0 Å². The summed E-state index contributed by atoms with van der Waals surface area (Å²) in [4.78, 5) is 22.8. The molecule has 34 heavy (non-hydrogen) atoms. The Morgan fingerprint density at radius 2 is 1.21 bits per heavy atom. The summed E-state index contributed by atoms with van der Waals surface area (Å²) < 4.78 is 33.8. The van der Waals surface area contributed by atoms with Gasteiger partial charge < -0.3 is 28.4 Å². The highest BCUT2D eigenvalue weighted by Gasteiger charge is 2.33. The lowest BCUT2D eigenvalue weighted by atomic mass is 9.94. The van der Waals surface area contributed by atoms with E-state index in [0.717, 1.165) is 44.9 Å². The van der Waals surface area contributed by atoms with Crippen molar-refractivity contribution >= 4 is 11.9 Å². The standard InChI is InChI=1S/C26H44O8/c1-21(2)23(27)29-17-19-32-25(5,6)31-15-11-8-12-16-33-26(13-9-7-10-14-26)34-20-18-30-24(28)22(3)4/h1,3,7-20H2,2,4-6H3. The van der Waals surface area contributed by atoms with E-state index in [4.69, 9.17) is 28.4 Å². The van der Waals surface area contributed by atoms with Crippen LogP contribution in [0.4, 0.5) is 0 Å². The number of ether oxygens (including phenoxy) is 6. The van der Waals surface area contributed by atoms with Crippen LogP contribution in [0.5, 0.6) is 0 Å². The summed E-state index contributed by atoms with van der Waals surface area (Å²) in [7, 11) is 0. The monoisotopic (exact) mass is 484 g/mol. The molecule has 0 amide bonds. The first-order chi connectivity index (χ1) is 16.1. The third-order valence-electron chi connectivity index (χ3n) is 5.36. The molecule has 0 aromatic carbocycles. The highest BCUT2D eigenvalue weighted by atomic mass is 16.7. The highest BCUT2D eigenvalue weighted by Crippen LogP contribution is 2.33.